The van der Waals surface area contributed by atoms with Gasteiger partial charge in [-0.3, -0.25) is 4.79 Å². The highest BCUT2D eigenvalue weighted by atomic mass is 19.1. The minimum absolute atomic E-state index is 0.0483. The van der Waals surface area contributed by atoms with Gasteiger partial charge in [0.15, 0.2) is 0 Å². The molecule has 2 aromatic heterocycles. The van der Waals surface area contributed by atoms with Crippen molar-refractivity contribution in [3.8, 4) is 5.69 Å². The third-order valence-electron chi connectivity index (χ3n) is 7.18. The van der Waals surface area contributed by atoms with Gasteiger partial charge in [0.1, 0.15) is 17.8 Å². The molecule has 1 aromatic carbocycles. The third kappa shape index (κ3) is 4.33. The third-order valence-corrected chi connectivity index (χ3v) is 7.18. The maximum Gasteiger partial charge on any atom is 0.257 e. The first-order valence-electron chi connectivity index (χ1n) is 11.7. The molecule has 3 aromatic rings. The number of nitrogens with two attached hydrogens (primary N) is 1. The molecule has 34 heavy (non-hydrogen) atoms. The van der Waals surface area contributed by atoms with Crippen molar-refractivity contribution in [2.75, 3.05) is 32.7 Å². The van der Waals surface area contributed by atoms with Gasteiger partial charge >= 0.3 is 0 Å². The Morgan fingerprint density at radius 3 is 2.53 bits per heavy atom. The zero-order valence-corrected chi connectivity index (χ0v) is 19.6. The highest BCUT2D eigenvalue weighted by Crippen LogP contribution is 2.33. The van der Waals surface area contributed by atoms with E-state index in [0.29, 0.717) is 17.4 Å². The fourth-order valence-electron chi connectivity index (χ4n) is 5.43. The van der Waals surface area contributed by atoms with Crippen molar-refractivity contribution >= 4 is 5.91 Å². The summed E-state index contributed by atoms with van der Waals surface area (Å²) in [6.45, 7) is 8.11. The van der Waals surface area contributed by atoms with E-state index in [1.54, 1.807) is 23.1 Å². The van der Waals surface area contributed by atoms with Crippen molar-refractivity contribution in [1.82, 2.24) is 29.5 Å². The number of hydrogen-bond donors (Lipinski definition) is 1. The van der Waals surface area contributed by atoms with Crippen LogP contribution in [0, 0.1) is 31.5 Å². The number of halogens is 1. The molecule has 1 amide bonds. The molecule has 0 spiro atoms. The molecule has 2 N–H and O–H groups in total. The van der Waals surface area contributed by atoms with Crippen LogP contribution in [0.15, 0.2) is 43.0 Å². The van der Waals surface area contributed by atoms with Gasteiger partial charge in [-0.25, -0.2) is 19.0 Å². The zero-order chi connectivity index (χ0) is 23.8. The van der Waals surface area contributed by atoms with Gasteiger partial charge < -0.3 is 15.5 Å². The number of benzene rings is 1. The van der Waals surface area contributed by atoms with Gasteiger partial charge in [0, 0.05) is 32.2 Å². The molecule has 9 heteroatoms. The van der Waals surface area contributed by atoms with Crippen LogP contribution in [0.4, 0.5) is 4.39 Å². The zero-order valence-electron chi connectivity index (χ0n) is 19.6. The number of carbonyl (C=O) groups excluding carboxylic acids is 1. The van der Waals surface area contributed by atoms with Crippen molar-refractivity contribution in [2.45, 2.75) is 26.3 Å². The standard InChI is InChI=1S/C25H30FN7O/c1-16-24(17(2)33(30-16)22-9-28-15-29-10-22)25(34)32-13-19-11-31(12-20(19)14-32)7-6-23(27)18-4-3-5-21(26)8-18/h3-5,8-10,15,19-20,23H,6-7,11-14,27H2,1-2H3/t19?,20?,23-/m0/s1. The number of fused-ring (bicyclic) bond motifs is 1. The predicted molar refractivity (Wildman–Crippen MR) is 126 cm³/mol. The number of likely N-dealkylation sites (tertiary alicyclic amines) is 2. The molecule has 2 saturated heterocycles. The lowest BCUT2D eigenvalue weighted by Gasteiger charge is -2.23. The van der Waals surface area contributed by atoms with E-state index in [1.165, 1.54) is 18.5 Å². The average Bonchev–Trinajstić information content (AvgIpc) is 3.49. The first-order chi connectivity index (χ1) is 16.4. The molecule has 2 fully saturated rings. The van der Waals surface area contributed by atoms with Gasteiger partial charge in [-0.15, -0.1) is 0 Å². The summed E-state index contributed by atoms with van der Waals surface area (Å²) in [6.07, 6.45) is 5.64. The summed E-state index contributed by atoms with van der Waals surface area (Å²) in [4.78, 5) is 26.0. The Balaban J connectivity index is 1.19. The lowest BCUT2D eigenvalue weighted by Crippen LogP contribution is -2.34. The Kier molecular flexibility index (Phi) is 6.14. The van der Waals surface area contributed by atoms with Crippen LogP contribution in [0.25, 0.3) is 5.69 Å². The molecule has 178 valence electrons. The predicted octanol–water partition coefficient (Wildman–Crippen LogP) is 2.51. The number of amides is 1. The molecule has 5 rings (SSSR count). The highest BCUT2D eigenvalue weighted by Gasteiger charge is 2.42. The molecular weight excluding hydrogens is 433 g/mol. The first-order valence-corrected chi connectivity index (χ1v) is 11.7. The first kappa shape index (κ1) is 22.6. The van der Waals surface area contributed by atoms with Gasteiger partial charge in [0.2, 0.25) is 0 Å². The van der Waals surface area contributed by atoms with Gasteiger partial charge in [0.05, 0.1) is 29.3 Å². The molecule has 3 atom stereocenters. The van der Waals surface area contributed by atoms with Crippen molar-refractivity contribution in [3.05, 3.63) is 71.3 Å². The monoisotopic (exact) mass is 463 g/mol. The highest BCUT2D eigenvalue weighted by molar-refractivity contribution is 5.96. The Bertz CT molecular complexity index is 1170. The number of carbonyl (C=O) groups is 1. The molecule has 0 saturated carbocycles. The van der Waals surface area contributed by atoms with Crippen LogP contribution in [0.1, 0.15) is 39.8 Å². The minimum atomic E-state index is -0.249. The van der Waals surface area contributed by atoms with Gasteiger partial charge in [0.25, 0.3) is 5.91 Å². The lowest BCUT2D eigenvalue weighted by molar-refractivity contribution is 0.0772. The molecule has 0 bridgehead atoms. The Hall–Kier alpha value is -3.17. The van der Waals surface area contributed by atoms with Crippen LogP contribution in [0.3, 0.4) is 0 Å². The van der Waals surface area contributed by atoms with E-state index in [0.717, 1.165) is 61.8 Å². The van der Waals surface area contributed by atoms with Crippen LogP contribution in [0.2, 0.25) is 0 Å². The SMILES string of the molecule is Cc1nn(-c2cncnc2)c(C)c1C(=O)N1CC2CN(CC[C@H](N)c3cccc(F)c3)CC2C1. The fourth-order valence-corrected chi connectivity index (χ4v) is 5.43. The molecular formula is C25H30FN7O. The summed E-state index contributed by atoms with van der Waals surface area (Å²) >= 11 is 0. The smallest absolute Gasteiger partial charge is 0.257 e. The number of nitrogens with zero attached hydrogens (tertiary/aromatic N) is 6. The van der Waals surface area contributed by atoms with Crippen LogP contribution in [-0.2, 0) is 0 Å². The van der Waals surface area contributed by atoms with Gasteiger partial charge in [-0.2, -0.15) is 5.10 Å². The largest absolute Gasteiger partial charge is 0.338 e. The van der Waals surface area contributed by atoms with Crippen molar-refractivity contribution in [2.24, 2.45) is 17.6 Å². The number of aryl methyl sites for hydroxylation is 1. The number of rotatable bonds is 6. The lowest BCUT2D eigenvalue weighted by atomic mass is 10.0. The van der Waals surface area contributed by atoms with Crippen LogP contribution >= 0.6 is 0 Å². The summed E-state index contributed by atoms with van der Waals surface area (Å²) in [6, 6.07) is 6.37. The van der Waals surface area contributed by atoms with Crippen molar-refractivity contribution in [3.63, 3.8) is 0 Å². The molecule has 2 unspecified atom stereocenters. The Morgan fingerprint density at radius 2 is 1.85 bits per heavy atom. The quantitative estimate of drug-likeness (QED) is 0.604. The number of aromatic nitrogens is 4. The molecule has 2 aliphatic heterocycles. The van der Waals surface area contributed by atoms with Gasteiger partial charge in [-0.05, 0) is 56.3 Å². The van der Waals surface area contributed by atoms with E-state index in [4.69, 9.17) is 5.73 Å². The molecule has 2 aliphatic rings. The van der Waals surface area contributed by atoms with E-state index in [9.17, 15) is 9.18 Å². The maximum atomic E-state index is 13.5. The Labute approximate surface area is 198 Å². The second-order valence-electron chi connectivity index (χ2n) is 9.49. The summed E-state index contributed by atoms with van der Waals surface area (Å²) < 4.78 is 15.2. The van der Waals surface area contributed by atoms with Crippen molar-refractivity contribution in [1.29, 1.82) is 0 Å². The minimum Gasteiger partial charge on any atom is -0.338 e. The summed E-state index contributed by atoms with van der Waals surface area (Å²) in [5.74, 6) is 0.730. The second kappa shape index (κ2) is 9.23. The molecule has 0 aliphatic carbocycles. The summed E-state index contributed by atoms with van der Waals surface area (Å²) in [5.41, 5.74) is 10.1. The topological polar surface area (TPSA) is 93.2 Å². The van der Waals surface area contributed by atoms with E-state index in [2.05, 4.69) is 20.0 Å². The summed E-state index contributed by atoms with van der Waals surface area (Å²) in [5, 5.41) is 4.57. The van der Waals surface area contributed by atoms with Crippen LogP contribution in [0.5, 0.6) is 0 Å². The van der Waals surface area contributed by atoms with Crippen LogP contribution < -0.4 is 5.73 Å². The van der Waals surface area contributed by atoms with Gasteiger partial charge in [-0.1, -0.05) is 12.1 Å². The van der Waals surface area contributed by atoms with E-state index in [1.807, 2.05) is 24.8 Å². The fraction of sp³-hybridized carbons (Fsp3) is 0.440. The maximum absolute atomic E-state index is 13.5. The van der Waals surface area contributed by atoms with E-state index < -0.39 is 0 Å². The van der Waals surface area contributed by atoms with Crippen molar-refractivity contribution < 1.29 is 9.18 Å². The molecule has 0 radical (unpaired) electrons. The second-order valence-corrected chi connectivity index (χ2v) is 9.49. The number of hydrogen-bond acceptors (Lipinski definition) is 6. The van der Waals surface area contributed by atoms with E-state index >= 15 is 0 Å². The summed E-state index contributed by atoms with van der Waals surface area (Å²) in [7, 11) is 0. The van der Waals surface area contributed by atoms with Crippen LogP contribution in [-0.4, -0.2) is 68.2 Å². The normalized spacial score (nSPS) is 21.1. The molecule has 8 nitrogen and oxygen atoms in total. The van der Waals surface area contributed by atoms with E-state index in [-0.39, 0.29) is 17.8 Å². The Morgan fingerprint density at radius 1 is 1.15 bits per heavy atom. The molecule has 4 heterocycles. The average molecular weight is 464 g/mol.